The standard InChI is InChI=1S/C23H26F2N6O/c1-2-30-8-7-19-20(14-30)28-22(15-12-26-27-13-15)23(29-19)31-9-5-17(6-10-31)32-21-4-3-16(24)11-18(21)25/h3-4,11-13,17H,2,5-10,14H2,1H3,(H,26,27). The molecular weight excluding hydrogens is 414 g/mol. The molecule has 1 N–H and O–H groups in total. The van der Waals surface area contributed by atoms with Crippen LogP contribution in [-0.2, 0) is 13.0 Å². The molecule has 0 amide bonds. The van der Waals surface area contributed by atoms with E-state index in [1.165, 1.54) is 12.1 Å². The average molecular weight is 440 g/mol. The maximum atomic E-state index is 14.0. The van der Waals surface area contributed by atoms with E-state index in [4.69, 9.17) is 14.7 Å². The molecule has 0 bridgehead atoms. The number of H-pyrrole nitrogens is 1. The summed E-state index contributed by atoms with van der Waals surface area (Å²) in [4.78, 5) is 14.7. The van der Waals surface area contributed by atoms with Crippen molar-refractivity contribution < 1.29 is 13.5 Å². The van der Waals surface area contributed by atoms with Gasteiger partial charge in [-0.05, 0) is 18.7 Å². The Morgan fingerprint density at radius 3 is 2.69 bits per heavy atom. The molecule has 0 spiro atoms. The normalized spacial score (nSPS) is 17.4. The number of fused-ring (bicyclic) bond motifs is 1. The molecule has 0 radical (unpaired) electrons. The number of hydrogen-bond donors (Lipinski definition) is 1. The van der Waals surface area contributed by atoms with E-state index in [-0.39, 0.29) is 11.9 Å². The van der Waals surface area contributed by atoms with Crippen molar-refractivity contribution in [3.05, 3.63) is 53.6 Å². The second-order valence-corrected chi connectivity index (χ2v) is 8.27. The van der Waals surface area contributed by atoms with Crippen LogP contribution < -0.4 is 9.64 Å². The van der Waals surface area contributed by atoms with Crippen LogP contribution in [0.15, 0.2) is 30.6 Å². The van der Waals surface area contributed by atoms with E-state index in [9.17, 15) is 8.78 Å². The number of likely N-dealkylation sites (N-methyl/N-ethyl adjacent to an activating group) is 1. The topological polar surface area (TPSA) is 70.2 Å². The molecule has 0 saturated carbocycles. The highest BCUT2D eigenvalue weighted by Crippen LogP contribution is 2.32. The minimum Gasteiger partial charge on any atom is -0.487 e. The summed E-state index contributed by atoms with van der Waals surface area (Å²) < 4.78 is 32.9. The third-order valence-corrected chi connectivity index (χ3v) is 6.22. The van der Waals surface area contributed by atoms with Crippen molar-refractivity contribution in [2.45, 2.75) is 38.8 Å². The molecule has 0 aliphatic carbocycles. The summed E-state index contributed by atoms with van der Waals surface area (Å²) in [5.74, 6) is -0.319. The predicted molar refractivity (Wildman–Crippen MR) is 116 cm³/mol. The smallest absolute Gasteiger partial charge is 0.167 e. The van der Waals surface area contributed by atoms with Crippen molar-refractivity contribution in [1.29, 1.82) is 0 Å². The van der Waals surface area contributed by atoms with Gasteiger partial charge in [-0.3, -0.25) is 10.00 Å². The van der Waals surface area contributed by atoms with Gasteiger partial charge in [-0.2, -0.15) is 5.10 Å². The molecule has 1 aromatic carbocycles. The molecule has 2 aliphatic rings. The number of nitrogens with one attached hydrogen (secondary N) is 1. The first-order valence-electron chi connectivity index (χ1n) is 11.1. The average Bonchev–Trinajstić information content (AvgIpc) is 3.35. The van der Waals surface area contributed by atoms with Crippen LogP contribution in [0, 0.1) is 11.6 Å². The molecule has 0 unspecified atom stereocenters. The predicted octanol–water partition coefficient (Wildman–Crippen LogP) is 3.57. The van der Waals surface area contributed by atoms with Gasteiger partial charge in [-0.1, -0.05) is 6.92 Å². The number of halogens is 2. The van der Waals surface area contributed by atoms with Gasteiger partial charge in [-0.25, -0.2) is 18.7 Å². The summed E-state index contributed by atoms with van der Waals surface area (Å²) in [6, 6.07) is 3.42. The number of ether oxygens (including phenoxy) is 1. The lowest BCUT2D eigenvalue weighted by Gasteiger charge is -2.35. The molecule has 1 saturated heterocycles. The first-order valence-corrected chi connectivity index (χ1v) is 11.1. The molecular formula is C23H26F2N6O. The van der Waals surface area contributed by atoms with Crippen molar-refractivity contribution in [2.24, 2.45) is 0 Å². The van der Waals surface area contributed by atoms with Gasteiger partial charge in [0.05, 0.1) is 17.6 Å². The number of nitrogens with zero attached hydrogens (tertiary/aromatic N) is 5. The summed E-state index contributed by atoms with van der Waals surface area (Å²) >= 11 is 0. The van der Waals surface area contributed by atoms with Crippen molar-refractivity contribution in [3.8, 4) is 17.0 Å². The zero-order valence-corrected chi connectivity index (χ0v) is 18.0. The Labute approximate surface area is 185 Å². The maximum absolute atomic E-state index is 14.0. The first kappa shape index (κ1) is 20.8. The van der Waals surface area contributed by atoms with Crippen molar-refractivity contribution >= 4 is 5.82 Å². The quantitative estimate of drug-likeness (QED) is 0.654. The summed E-state index contributed by atoms with van der Waals surface area (Å²) in [7, 11) is 0. The highest BCUT2D eigenvalue weighted by atomic mass is 19.1. The highest BCUT2D eigenvalue weighted by molar-refractivity contribution is 5.71. The fourth-order valence-corrected chi connectivity index (χ4v) is 4.38. The molecule has 1 fully saturated rings. The molecule has 9 heteroatoms. The molecule has 2 aromatic heterocycles. The summed E-state index contributed by atoms with van der Waals surface area (Å²) in [5.41, 5.74) is 3.84. The van der Waals surface area contributed by atoms with E-state index in [0.717, 1.165) is 60.6 Å². The van der Waals surface area contributed by atoms with Crippen molar-refractivity contribution in [2.75, 3.05) is 31.1 Å². The minimum absolute atomic E-state index is 0.0954. The van der Waals surface area contributed by atoms with Crippen molar-refractivity contribution in [3.63, 3.8) is 0 Å². The van der Waals surface area contributed by atoms with Crippen LogP contribution in [0.3, 0.4) is 0 Å². The Morgan fingerprint density at radius 2 is 1.97 bits per heavy atom. The largest absolute Gasteiger partial charge is 0.487 e. The number of rotatable bonds is 5. The van der Waals surface area contributed by atoms with Gasteiger partial charge in [-0.15, -0.1) is 0 Å². The number of aromatic amines is 1. The Hall–Kier alpha value is -3.07. The van der Waals surface area contributed by atoms with Gasteiger partial charge in [0.2, 0.25) is 0 Å². The third kappa shape index (κ3) is 4.17. The third-order valence-electron chi connectivity index (χ3n) is 6.22. The lowest BCUT2D eigenvalue weighted by atomic mass is 10.1. The molecule has 168 valence electrons. The number of piperidine rings is 1. The van der Waals surface area contributed by atoms with Gasteiger partial charge < -0.3 is 9.64 Å². The maximum Gasteiger partial charge on any atom is 0.167 e. The Kier molecular flexibility index (Phi) is 5.73. The van der Waals surface area contributed by atoms with Gasteiger partial charge in [0, 0.05) is 63.3 Å². The number of aromatic nitrogens is 4. The minimum atomic E-state index is -0.670. The molecule has 3 aromatic rings. The number of anilines is 1. The van der Waals surface area contributed by atoms with Gasteiger partial charge in [0.25, 0.3) is 0 Å². The van der Waals surface area contributed by atoms with Gasteiger partial charge in [0.15, 0.2) is 17.4 Å². The van der Waals surface area contributed by atoms with E-state index in [2.05, 4.69) is 26.9 Å². The lowest BCUT2D eigenvalue weighted by molar-refractivity contribution is 0.163. The Balaban J connectivity index is 1.36. The van der Waals surface area contributed by atoms with Gasteiger partial charge >= 0.3 is 0 Å². The van der Waals surface area contributed by atoms with E-state index >= 15 is 0 Å². The molecule has 4 heterocycles. The summed E-state index contributed by atoms with van der Waals surface area (Å²) in [6.45, 7) is 6.38. The van der Waals surface area contributed by atoms with Crippen LogP contribution in [0.5, 0.6) is 5.75 Å². The molecule has 32 heavy (non-hydrogen) atoms. The van der Waals surface area contributed by atoms with E-state index in [1.807, 2.05) is 6.20 Å². The van der Waals surface area contributed by atoms with Crippen LogP contribution >= 0.6 is 0 Å². The SMILES string of the molecule is CCN1CCc2nc(N3CCC(Oc4ccc(F)cc4F)CC3)c(-c3cn[nH]c3)nc2C1. The molecule has 5 rings (SSSR count). The highest BCUT2D eigenvalue weighted by Gasteiger charge is 2.28. The van der Waals surface area contributed by atoms with Gasteiger partial charge in [0.1, 0.15) is 17.6 Å². The zero-order chi connectivity index (χ0) is 22.1. The first-order chi connectivity index (χ1) is 15.6. The molecule has 7 nitrogen and oxygen atoms in total. The van der Waals surface area contributed by atoms with E-state index < -0.39 is 11.6 Å². The molecule has 0 atom stereocenters. The van der Waals surface area contributed by atoms with Crippen LogP contribution in [0.4, 0.5) is 14.6 Å². The number of hydrogen-bond acceptors (Lipinski definition) is 6. The van der Waals surface area contributed by atoms with Crippen LogP contribution in [0.1, 0.15) is 31.2 Å². The van der Waals surface area contributed by atoms with Crippen LogP contribution in [0.25, 0.3) is 11.3 Å². The van der Waals surface area contributed by atoms with Crippen LogP contribution in [0.2, 0.25) is 0 Å². The summed E-state index contributed by atoms with van der Waals surface area (Å²) in [6.07, 6.45) is 5.79. The van der Waals surface area contributed by atoms with E-state index in [1.54, 1.807) is 6.20 Å². The Bertz CT molecular complexity index is 1080. The van der Waals surface area contributed by atoms with E-state index in [0.29, 0.717) is 25.9 Å². The fourth-order valence-electron chi connectivity index (χ4n) is 4.38. The number of benzene rings is 1. The van der Waals surface area contributed by atoms with Crippen LogP contribution in [-0.4, -0.2) is 57.3 Å². The van der Waals surface area contributed by atoms with Crippen molar-refractivity contribution in [1.82, 2.24) is 25.1 Å². The monoisotopic (exact) mass is 440 g/mol. The second-order valence-electron chi connectivity index (χ2n) is 8.27. The second kappa shape index (κ2) is 8.82. The fraction of sp³-hybridized carbons (Fsp3) is 0.435. The summed E-state index contributed by atoms with van der Waals surface area (Å²) in [5, 5.41) is 6.97. The lowest BCUT2D eigenvalue weighted by Crippen LogP contribution is -2.40. The molecule has 2 aliphatic heterocycles. The Morgan fingerprint density at radius 1 is 1.12 bits per heavy atom. The zero-order valence-electron chi connectivity index (χ0n) is 18.0.